The van der Waals surface area contributed by atoms with Gasteiger partial charge in [0.15, 0.2) is 0 Å². The lowest BCUT2D eigenvalue weighted by molar-refractivity contribution is -0.117. The van der Waals surface area contributed by atoms with Crippen molar-refractivity contribution in [3.05, 3.63) is 54.1 Å². The summed E-state index contributed by atoms with van der Waals surface area (Å²) in [6, 6.07) is 15.5. The van der Waals surface area contributed by atoms with Gasteiger partial charge >= 0.3 is 0 Å². The Hall–Kier alpha value is -2.49. The molecule has 0 bridgehead atoms. The SMILES string of the molecule is COc1ccc(OC)c(NC(=O)[C@H]2C[C@@H]2c2ccccc2)c1. The zero-order chi connectivity index (χ0) is 15.5. The normalized spacial score (nSPS) is 19.4. The van der Waals surface area contributed by atoms with E-state index in [1.165, 1.54) is 5.56 Å². The molecule has 1 saturated carbocycles. The van der Waals surface area contributed by atoms with E-state index < -0.39 is 0 Å². The maximum atomic E-state index is 12.4. The monoisotopic (exact) mass is 297 g/mol. The van der Waals surface area contributed by atoms with E-state index in [0.29, 0.717) is 23.1 Å². The van der Waals surface area contributed by atoms with E-state index in [1.807, 2.05) is 18.2 Å². The molecule has 4 nitrogen and oxygen atoms in total. The Kier molecular flexibility index (Phi) is 4.00. The van der Waals surface area contributed by atoms with Gasteiger partial charge in [0.05, 0.1) is 19.9 Å². The quantitative estimate of drug-likeness (QED) is 0.919. The Morgan fingerprint density at radius 1 is 1.09 bits per heavy atom. The average Bonchev–Trinajstić information content (AvgIpc) is 3.36. The predicted octanol–water partition coefficient (Wildman–Crippen LogP) is 3.45. The highest BCUT2D eigenvalue weighted by atomic mass is 16.5. The Morgan fingerprint density at radius 2 is 1.86 bits per heavy atom. The van der Waals surface area contributed by atoms with Gasteiger partial charge in [0, 0.05) is 12.0 Å². The molecule has 4 heteroatoms. The first-order valence-electron chi connectivity index (χ1n) is 7.30. The zero-order valence-electron chi connectivity index (χ0n) is 12.7. The van der Waals surface area contributed by atoms with Crippen molar-refractivity contribution in [2.75, 3.05) is 19.5 Å². The fraction of sp³-hybridized carbons (Fsp3) is 0.278. The van der Waals surface area contributed by atoms with Crippen molar-refractivity contribution in [3.8, 4) is 11.5 Å². The molecule has 22 heavy (non-hydrogen) atoms. The van der Waals surface area contributed by atoms with Crippen LogP contribution in [0.1, 0.15) is 17.9 Å². The number of ether oxygens (including phenoxy) is 2. The van der Waals surface area contributed by atoms with Crippen LogP contribution in [0.25, 0.3) is 0 Å². The molecule has 1 amide bonds. The van der Waals surface area contributed by atoms with E-state index in [9.17, 15) is 4.79 Å². The van der Waals surface area contributed by atoms with Crippen LogP contribution in [0.5, 0.6) is 11.5 Å². The molecule has 114 valence electrons. The summed E-state index contributed by atoms with van der Waals surface area (Å²) in [5.74, 6) is 1.69. The Labute approximate surface area is 130 Å². The Morgan fingerprint density at radius 3 is 2.55 bits per heavy atom. The number of rotatable bonds is 5. The molecule has 0 heterocycles. The molecule has 2 atom stereocenters. The first-order chi connectivity index (χ1) is 10.7. The first-order valence-corrected chi connectivity index (χ1v) is 7.30. The number of hydrogen-bond acceptors (Lipinski definition) is 3. The second-order valence-electron chi connectivity index (χ2n) is 5.41. The molecule has 1 N–H and O–H groups in total. The lowest BCUT2D eigenvalue weighted by Gasteiger charge is -2.11. The third kappa shape index (κ3) is 2.91. The summed E-state index contributed by atoms with van der Waals surface area (Å²) >= 11 is 0. The molecule has 0 spiro atoms. The fourth-order valence-electron chi connectivity index (χ4n) is 2.69. The Bertz CT molecular complexity index is 669. The molecule has 1 aliphatic rings. The van der Waals surface area contributed by atoms with E-state index in [2.05, 4.69) is 17.4 Å². The summed E-state index contributed by atoms with van der Waals surface area (Å²) in [7, 11) is 3.18. The van der Waals surface area contributed by atoms with Gasteiger partial charge in [-0.15, -0.1) is 0 Å². The van der Waals surface area contributed by atoms with Crippen molar-refractivity contribution < 1.29 is 14.3 Å². The van der Waals surface area contributed by atoms with Crippen molar-refractivity contribution in [2.24, 2.45) is 5.92 Å². The molecule has 0 unspecified atom stereocenters. The molecule has 3 rings (SSSR count). The maximum absolute atomic E-state index is 12.4. The summed E-state index contributed by atoms with van der Waals surface area (Å²) in [6.45, 7) is 0. The molecule has 0 aromatic heterocycles. The van der Waals surface area contributed by atoms with Gasteiger partial charge in [-0.3, -0.25) is 4.79 Å². The van der Waals surface area contributed by atoms with Crippen LogP contribution >= 0.6 is 0 Å². The van der Waals surface area contributed by atoms with E-state index in [1.54, 1.807) is 32.4 Å². The number of methoxy groups -OCH3 is 2. The van der Waals surface area contributed by atoms with Gasteiger partial charge in [0.25, 0.3) is 0 Å². The van der Waals surface area contributed by atoms with Crippen LogP contribution in [-0.4, -0.2) is 20.1 Å². The van der Waals surface area contributed by atoms with Crippen molar-refractivity contribution in [1.82, 2.24) is 0 Å². The lowest BCUT2D eigenvalue weighted by atomic mass is 10.1. The summed E-state index contributed by atoms with van der Waals surface area (Å²) < 4.78 is 10.5. The highest BCUT2D eigenvalue weighted by molar-refractivity contribution is 5.96. The van der Waals surface area contributed by atoms with Crippen molar-refractivity contribution >= 4 is 11.6 Å². The van der Waals surface area contributed by atoms with Gasteiger partial charge in [-0.05, 0) is 30.0 Å². The first kappa shape index (κ1) is 14.4. The summed E-state index contributed by atoms with van der Waals surface area (Å²) in [4.78, 5) is 12.4. The minimum atomic E-state index is 0.0262. The van der Waals surface area contributed by atoms with Gasteiger partial charge in [-0.25, -0.2) is 0 Å². The number of carbonyl (C=O) groups is 1. The van der Waals surface area contributed by atoms with Crippen LogP contribution in [0.2, 0.25) is 0 Å². The Balaban J connectivity index is 1.71. The summed E-state index contributed by atoms with van der Waals surface area (Å²) in [5.41, 5.74) is 1.87. The second-order valence-corrected chi connectivity index (χ2v) is 5.41. The van der Waals surface area contributed by atoms with Gasteiger partial charge in [-0.2, -0.15) is 0 Å². The standard InChI is InChI=1S/C18H19NO3/c1-21-13-8-9-17(22-2)16(10-13)19-18(20)15-11-14(15)12-6-4-3-5-7-12/h3-10,14-15H,11H2,1-2H3,(H,19,20)/t14-,15+/m1/s1. The highest BCUT2D eigenvalue weighted by Gasteiger charge is 2.43. The number of hydrogen-bond donors (Lipinski definition) is 1. The largest absolute Gasteiger partial charge is 0.497 e. The van der Waals surface area contributed by atoms with Gasteiger partial charge in [-0.1, -0.05) is 30.3 Å². The number of carbonyl (C=O) groups excluding carboxylic acids is 1. The van der Waals surface area contributed by atoms with Crippen molar-refractivity contribution in [2.45, 2.75) is 12.3 Å². The molecular formula is C18H19NO3. The number of anilines is 1. The van der Waals surface area contributed by atoms with Crippen LogP contribution in [0.3, 0.4) is 0 Å². The smallest absolute Gasteiger partial charge is 0.228 e. The van der Waals surface area contributed by atoms with E-state index in [4.69, 9.17) is 9.47 Å². The van der Waals surface area contributed by atoms with E-state index in [0.717, 1.165) is 6.42 Å². The highest BCUT2D eigenvalue weighted by Crippen LogP contribution is 2.48. The van der Waals surface area contributed by atoms with Crippen LogP contribution in [0.4, 0.5) is 5.69 Å². The minimum absolute atomic E-state index is 0.0262. The second kappa shape index (κ2) is 6.10. The molecule has 0 saturated heterocycles. The topological polar surface area (TPSA) is 47.6 Å². The summed E-state index contributed by atoms with van der Waals surface area (Å²) in [5, 5.41) is 2.95. The van der Waals surface area contributed by atoms with Gasteiger partial charge in [0.1, 0.15) is 11.5 Å². The molecule has 1 fully saturated rings. The van der Waals surface area contributed by atoms with Crippen LogP contribution < -0.4 is 14.8 Å². The third-order valence-electron chi connectivity index (χ3n) is 4.02. The molecule has 0 aliphatic heterocycles. The molecule has 2 aromatic rings. The molecule has 1 aliphatic carbocycles. The summed E-state index contributed by atoms with van der Waals surface area (Å²) in [6.07, 6.45) is 0.891. The van der Waals surface area contributed by atoms with Crippen molar-refractivity contribution in [1.29, 1.82) is 0 Å². The average molecular weight is 297 g/mol. The van der Waals surface area contributed by atoms with Gasteiger partial charge < -0.3 is 14.8 Å². The molecule has 0 radical (unpaired) electrons. The maximum Gasteiger partial charge on any atom is 0.228 e. The van der Waals surface area contributed by atoms with E-state index >= 15 is 0 Å². The van der Waals surface area contributed by atoms with Crippen molar-refractivity contribution in [3.63, 3.8) is 0 Å². The molecule has 2 aromatic carbocycles. The minimum Gasteiger partial charge on any atom is -0.497 e. The van der Waals surface area contributed by atoms with Crippen LogP contribution in [0.15, 0.2) is 48.5 Å². The van der Waals surface area contributed by atoms with Gasteiger partial charge in [0.2, 0.25) is 5.91 Å². The van der Waals surface area contributed by atoms with Crippen LogP contribution in [0, 0.1) is 5.92 Å². The molecular weight excluding hydrogens is 278 g/mol. The fourth-order valence-corrected chi connectivity index (χ4v) is 2.69. The van der Waals surface area contributed by atoms with E-state index in [-0.39, 0.29) is 11.8 Å². The predicted molar refractivity (Wildman–Crippen MR) is 85.5 cm³/mol. The lowest BCUT2D eigenvalue weighted by Crippen LogP contribution is -2.15. The number of nitrogens with one attached hydrogen (secondary N) is 1. The number of amides is 1. The zero-order valence-corrected chi connectivity index (χ0v) is 12.7. The third-order valence-corrected chi connectivity index (χ3v) is 4.02. The number of benzene rings is 2. The van der Waals surface area contributed by atoms with Crippen LogP contribution in [-0.2, 0) is 4.79 Å².